The molecule has 20 aromatic carbocycles. The van der Waals surface area contributed by atoms with Gasteiger partial charge in [0, 0.05) is 77.7 Å². The van der Waals surface area contributed by atoms with E-state index in [2.05, 4.69) is 443 Å². The van der Waals surface area contributed by atoms with Gasteiger partial charge in [-0.25, -0.2) is 0 Å². The molecule has 24 aromatic rings. The molecule has 0 saturated heterocycles. The average Bonchev–Trinajstić information content (AvgIpc) is 1.55. The summed E-state index contributed by atoms with van der Waals surface area (Å²) in [5.41, 5.74) is 32.7. The van der Waals surface area contributed by atoms with Crippen LogP contribution in [0, 0.1) is 0 Å². The normalized spacial score (nSPS) is 13.6. The average molecular weight is 1500 g/mol. The largest absolute Gasteiger partial charge is 0.309 e. The Balaban J connectivity index is 0.000000131. The first-order valence-electron chi connectivity index (χ1n) is 41.1. The fraction of sp³-hybridized carbons (Fsp3) is 0.0175. The van der Waals surface area contributed by atoms with E-state index in [1.807, 2.05) is 0 Å². The number of hydrogen-bond donors (Lipinski definition) is 0. The summed E-state index contributed by atoms with van der Waals surface area (Å²) < 4.78 is 9.82. The van der Waals surface area contributed by atoms with Gasteiger partial charge in [-0.3, -0.25) is 0 Å². The van der Waals surface area contributed by atoms with Gasteiger partial charge in [0.15, 0.2) is 0 Å². The zero-order valence-electron chi connectivity index (χ0n) is 64.4. The highest BCUT2D eigenvalue weighted by Gasteiger charge is 2.35. The van der Waals surface area contributed by atoms with E-state index >= 15 is 0 Å². The van der Waals surface area contributed by atoms with Crippen molar-refractivity contribution in [1.29, 1.82) is 0 Å². The molecule has 4 nitrogen and oxygen atoms in total. The fourth-order valence-electron chi connectivity index (χ4n) is 20.7. The van der Waals surface area contributed by atoms with Gasteiger partial charge in [0.1, 0.15) is 0 Å². The van der Waals surface area contributed by atoms with E-state index in [0.29, 0.717) is 0 Å². The van der Waals surface area contributed by atoms with Crippen molar-refractivity contribution in [2.75, 3.05) is 0 Å². The topological polar surface area (TPSA) is 19.7 Å². The second-order valence-corrected chi connectivity index (χ2v) is 32.1. The Bertz CT molecular complexity index is 8330. The molecule has 2 aliphatic rings. The Morgan fingerprint density at radius 3 is 1.11 bits per heavy atom. The van der Waals surface area contributed by atoms with Gasteiger partial charge in [-0.2, -0.15) is 0 Å². The third-order valence-electron chi connectivity index (χ3n) is 25.9. The summed E-state index contributed by atoms with van der Waals surface area (Å²) in [6.07, 6.45) is 0. The standard InChI is InChI=1S/2C57H36N2/c1-2-16-43(17-3-1)58-51-21-11-10-20-48(51)56-53(58)30-31-54-57(56)50-35-41(26-29-52(50)59(54)44-27-24-37-13-5-7-15-39(37)33-44)40-25-28-47-49(34-40)45-18-8-9-19-46(45)55(47)42-23-22-36-12-4-6-14-38(36)32-42;1-2-14-38(15-3-1)55-47-20-9-8-18-45(47)48-28-31-54-56(57(48)55)50-35-42(25-30-53(50)59(54)44-27-23-37-13-5-7-17-40(37)33-44)41-24-29-52-49(34-41)46-19-10-11-21-51(46)58(52)43-26-22-36-12-4-6-16-39(36)32-43/h2*1-35,55H. The third-order valence-corrected chi connectivity index (χ3v) is 25.9. The smallest absolute Gasteiger partial charge is 0.0548 e. The quantitative estimate of drug-likeness (QED) is 0.144. The van der Waals surface area contributed by atoms with Crippen LogP contribution in [0.4, 0.5) is 0 Å². The minimum atomic E-state index is 0.128. The molecule has 2 unspecified atom stereocenters. The first-order valence-corrected chi connectivity index (χ1v) is 41.1. The lowest BCUT2D eigenvalue weighted by molar-refractivity contribution is 1.02. The van der Waals surface area contributed by atoms with Crippen molar-refractivity contribution in [2.24, 2.45) is 0 Å². The molecule has 0 bridgehead atoms. The Morgan fingerprint density at radius 1 is 0.161 bits per heavy atom. The summed E-state index contributed by atoms with van der Waals surface area (Å²) in [4.78, 5) is 0. The minimum absolute atomic E-state index is 0.128. The number of para-hydroxylation sites is 3. The zero-order chi connectivity index (χ0) is 77.2. The number of aromatic nitrogens is 4. The maximum Gasteiger partial charge on any atom is 0.0548 e. The van der Waals surface area contributed by atoms with Crippen molar-refractivity contribution < 1.29 is 0 Å². The molecule has 0 N–H and O–H groups in total. The van der Waals surface area contributed by atoms with E-state index in [1.165, 1.54) is 220 Å². The second kappa shape index (κ2) is 26.1. The molecule has 0 spiro atoms. The Labute approximate surface area is 681 Å². The highest BCUT2D eigenvalue weighted by atomic mass is 15.0. The molecule has 0 radical (unpaired) electrons. The van der Waals surface area contributed by atoms with Gasteiger partial charge in [-0.05, 0) is 242 Å². The van der Waals surface area contributed by atoms with Crippen molar-refractivity contribution in [2.45, 2.75) is 11.8 Å². The molecule has 2 atom stereocenters. The van der Waals surface area contributed by atoms with Crippen LogP contribution in [0.3, 0.4) is 0 Å². The molecule has 548 valence electrons. The molecule has 0 aliphatic heterocycles. The SMILES string of the molecule is c1ccc(-n2c3ccccc3c3c4c5cc(-c6ccc7c(c6)-c6ccccc6C7c6ccc7ccccc7c6)ccc5n(-c5ccc6ccccc6c5)c4ccc32)cc1.c1ccc(C2c3ccccc3-c3ccc4c(c32)c2cc(-c3ccc5c(c3)c3ccccc3n5-c3ccc5ccccc5c3)ccc2n4-c2ccc3ccccc3c2)cc1. The summed E-state index contributed by atoms with van der Waals surface area (Å²) in [5, 5.41) is 20.2. The first-order chi connectivity index (χ1) is 58.5. The van der Waals surface area contributed by atoms with Gasteiger partial charge in [0.05, 0.1) is 44.1 Å². The van der Waals surface area contributed by atoms with Crippen LogP contribution in [0.25, 0.3) is 198 Å². The Morgan fingerprint density at radius 2 is 0.525 bits per heavy atom. The molecular formula is C114H72N4. The molecule has 26 rings (SSSR count). The van der Waals surface area contributed by atoms with Gasteiger partial charge < -0.3 is 18.3 Å². The maximum absolute atomic E-state index is 2.49. The van der Waals surface area contributed by atoms with Crippen LogP contribution in [-0.4, -0.2) is 18.3 Å². The number of fused-ring (bicyclic) bond motifs is 24. The predicted molar refractivity (Wildman–Crippen MR) is 497 cm³/mol. The third kappa shape index (κ3) is 10.1. The summed E-state index contributed by atoms with van der Waals surface area (Å²) >= 11 is 0. The van der Waals surface area contributed by atoms with Crippen LogP contribution >= 0.6 is 0 Å². The molecular weight excluding hydrogens is 1430 g/mol. The summed E-state index contributed by atoms with van der Waals surface area (Å²) in [6, 6.07) is 158. The lowest BCUT2D eigenvalue weighted by Gasteiger charge is -2.16. The van der Waals surface area contributed by atoms with Crippen LogP contribution in [0.5, 0.6) is 0 Å². The van der Waals surface area contributed by atoms with E-state index in [-0.39, 0.29) is 11.8 Å². The lowest BCUT2D eigenvalue weighted by Crippen LogP contribution is -2.00. The zero-order valence-corrected chi connectivity index (χ0v) is 64.4. The van der Waals surface area contributed by atoms with Gasteiger partial charge >= 0.3 is 0 Å². The molecule has 4 heteroatoms. The Hall–Kier alpha value is -15.4. The predicted octanol–water partition coefficient (Wildman–Crippen LogP) is 30.0. The highest BCUT2D eigenvalue weighted by molar-refractivity contribution is 6.29. The summed E-state index contributed by atoms with van der Waals surface area (Å²) in [5.74, 6) is 0.320. The number of rotatable bonds is 8. The summed E-state index contributed by atoms with van der Waals surface area (Å²) in [7, 11) is 0. The van der Waals surface area contributed by atoms with E-state index < -0.39 is 0 Å². The molecule has 0 saturated carbocycles. The van der Waals surface area contributed by atoms with Crippen LogP contribution in [0.2, 0.25) is 0 Å². The van der Waals surface area contributed by atoms with Crippen molar-refractivity contribution in [3.63, 3.8) is 0 Å². The number of benzene rings is 20. The Kier molecular flexibility index (Phi) is 14.6. The molecule has 4 aromatic heterocycles. The molecule has 0 fully saturated rings. The highest BCUT2D eigenvalue weighted by Crippen LogP contribution is 2.55. The van der Waals surface area contributed by atoms with Crippen LogP contribution < -0.4 is 0 Å². The van der Waals surface area contributed by atoms with E-state index in [4.69, 9.17) is 0 Å². The molecule has 0 amide bonds. The number of hydrogen-bond acceptors (Lipinski definition) is 0. The maximum atomic E-state index is 2.49. The van der Waals surface area contributed by atoms with Gasteiger partial charge in [-0.15, -0.1) is 0 Å². The monoisotopic (exact) mass is 1500 g/mol. The van der Waals surface area contributed by atoms with Gasteiger partial charge in [0.25, 0.3) is 0 Å². The summed E-state index contributed by atoms with van der Waals surface area (Å²) in [6.45, 7) is 0. The van der Waals surface area contributed by atoms with Crippen molar-refractivity contribution in [1.82, 2.24) is 18.3 Å². The molecule has 4 heterocycles. The van der Waals surface area contributed by atoms with E-state index in [1.54, 1.807) is 0 Å². The first kappa shape index (κ1) is 66.1. The fourth-order valence-corrected chi connectivity index (χ4v) is 20.7. The molecule has 2 aliphatic carbocycles. The van der Waals surface area contributed by atoms with Crippen molar-refractivity contribution in [3.05, 3.63) is 458 Å². The van der Waals surface area contributed by atoms with E-state index in [0.717, 1.165) is 11.4 Å². The van der Waals surface area contributed by atoms with Crippen LogP contribution in [0.15, 0.2) is 425 Å². The lowest BCUT2D eigenvalue weighted by atomic mass is 9.87. The molecule has 118 heavy (non-hydrogen) atoms. The van der Waals surface area contributed by atoms with Crippen molar-refractivity contribution in [3.8, 4) is 67.3 Å². The van der Waals surface area contributed by atoms with Crippen LogP contribution in [-0.2, 0) is 0 Å². The van der Waals surface area contributed by atoms with Gasteiger partial charge in [0.2, 0.25) is 0 Å². The second-order valence-electron chi connectivity index (χ2n) is 32.1. The van der Waals surface area contributed by atoms with Gasteiger partial charge in [-0.1, -0.05) is 303 Å². The van der Waals surface area contributed by atoms with E-state index in [9.17, 15) is 0 Å². The van der Waals surface area contributed by atoms with Crippen LogP contribution in [0.1, 0.15) is 45.2 Å². The number of nitrogens with zero attached hydrogens (tertiary/aromatic N) is 4. The minimum Gasteiger partial charge on any atom is -0.309 e. The van der Waals surface area contributed by atoms with Crippen molar-refractivity contribution >= 4 is 130 Å².